The van der Waals surface area contributed by atoms with Gasteiger partial charge in [0, 0.05) is 17.9 Å². The number of aryl methyl sites for hydroxylation is 2. The van der Waals surface area contributed by atoms with Gasteiger partial charge in [-0.2, -0.15) is 16.9 Å². The number of aromatic nitrogens is 2. The maximum absolute atomic E-state index is 12.2. The molecule has 1 saturated heterocycles. The number of carboxylic acids is 1. The fourth-order valence-corrected chi connectivity index (χ4v) is 3.98. The third kappa shape index (κ3) is 3.40. The average molecular weight is 311 g/mol. The Morgan fingerprint density at radius 1 is 1.57 bits per heavy atom. The second-order valence-corrected chi connectivity index (χ2v) is 6.77. The molecule has 21 heavy (non-hydrogen) atoms. The van der Waals surface area contributed by atoms with Crippen LogP contribution < -0.4 is 5.32 Å². The van der Waals surface area contributed by atoms with E-state index in [9.17, 15) is 14.7 Å². The van der Waals surface area contributed by atoms with Gasteiger partial charge in [-0.1, -0.05) is 0 Å². The monoisotopic (exact) mass is 311 g/mol. The number of amides is 1. The van der Waals surface area contributed by atoms with Gasteiger partial charge >= 0.3 is 5.97 Å². The van der Waals surface area contributed by atoms with Crippen LogP contribution in [0.5, 0.6) is 0 Å². The molecule has 116 valence electrons. The summed E-state index contributed by atoms with van der Waals surface area (Å²) in [5.41, 5.74) is 0.808. The number of aliphatic carboxylic acids is 1. The van der Waals surface area contributed by atoms with Crippen molar-refractivity contribution in [3.8, 4) is 0 Å². The van der Waals surface area contributed by atoms with Gasteiger partial charge in [0.25, 0.3) is 0 Å². The molecule has 1 amide bonds. The molecule has 6 nitrogen and oxygen atoms in total. The van der Waals surface area contributed by atoms with Gasteiger partial charge in [0.15, 0.2) is 0 Å². The minimum Gasteiger partial charge on any atom is -0.479 e. The Morgan fingerprint density at radius 3 is 2.76 bits per heavy atom. The van der Waals surface area contributed by atoms with E-state index in [1.54, 1.807) is 11.8 Å². The summed E-state index contributed by atoms with van der Waals surface area (Å²) in [6, 6.07) is 1.86. The van der Waals surface area contributed by atoms with Crippen LogP contribution in [0.25, 0.3) is 0 Å². The number of nitrogens with zero attached hydrogens (tertiary/aromatic N) is 2. The molecule has 0 aromatic carbocycles. The highest BCUT2D eigenvalue weighted by Crippen LogP contribution is 2.28. The van der Waals surface area contributed by atoms with Crippen LogP contribution in [0, 0.1) is 13.8 Å². The molecule has 7 heteroatoms. The molecule has 0 aliphatic carbocycles. The number of carbonyl (C=O) groups is 2. The number of carboxylic acid groups (broad SMARTS) is 1. The largest absolute Gasteiger partial charge is 0.479 e. The van der Waals surface area contributed by atoms with E-state index in [0.29, 0.717) is 12.2 Å². The Morgan fingerprint density at radius 2 is 2.29 bits per heavy atom. The van der Waals surface area contributed by atoms with E-state index < -0.39 is 11.5 Å². The van der Waals surface area contributed by atoms with Gasteiger partial charge < -0.3 is 10.4 Å². The molecule has 1 aromatic heterocycles. The molecular formula is C14H21N3O3S. The molecule has 1 aliphatic rings. The summed E-state index contributed by atoms with van der Waals surface area (Å²) in [6.07, 6.45) is 0.703. The quantitative estimate of drug-likeness (QED) is 0.861. The first-order valence-electron chi connectivity index (χ1n) is 6.99. The van der Waals surface area contributed by atoms with Crippen LogP contribution in [0.15, 0.2) is 6.07 Å². The lowest BCUT2D eigenvalue weighted by atomic mass is 9.98. The number of rotatable bonds is 5. The SMILES string of the molecule is Cc1cc(C)n(C(C)CC(=O)NC2(C(=O)O)CCSC2)n1. The number of carbonyl (C=O) groups excluding carboxylic acids is 1. The summed E-state index contributed by atoms with van der Waals surface area (Å²) in [7, 11) is 0. The third-order valence-corrected chi connectivity index (χ3v) is 4.94. The van der Waals surface area contributed by atoms with E-state index >= 15 is 0 Å². The molecule has 0 spiro atoms. The summed E-state index contributed by atoms with van der Waals surface area (Å²) >= 11 is 1.56. The van der Waals surface area contributed by atoms with E-state index in [1.807, 2.05) is 31.5 Å². The van der Waals surface area contributed by atoms with Crippen molar-refractivity contribution in [1.29, 1.82) is 0 Å². The van der Waals surface area contributed by atoms with Gasteiger partial charge in [0.1, 0.15) is 5.54 Å². The number of nitrogens with one attached hydrogen (secondary N) is 1. The standard InChI is InChI=1S/C14H21N3O3S/c1-9-6-10(2)17(16-9)11(3)7-12(18)15-14(13(19)20)4-5-21-8-14/h6,11H,4-5,7-8H2,1-3H3,(H,15,18)(H,19,20). The van der Waals surface area contributed by atoms with Crippen molar-refractivity contribution < 1.29 is 14.7 Å². The lowest BCUT2D eigenvalue weighted by Crippen LogP contribution is -2.55. The van der Waals surface area contributed by atoms with Crippen molar-refractivity contribution in [2.45, 2.75) is 45.2 Å². The molecule has 2 unspecified atom stereocenters. The van der Waals surface area contributed by atoms with E-state index in [4.69, 9.17) is 0 Å². The second kappa shape index (κ2) is 6.09. The summed E-state index contributed by atoms with van der Waals surface area (Å²) in [5.74, 6) is 0.0154. The summed E-state index contributed by atoms with van der Waals surface area (Å²) in [6.45, 7) is 5.77. The molecule has 1 aromatic rings. The highest BCUT2D eigenvalue weighted by molar-refractivity contribution is 7.99. The predicted octanol–water partition coefficient (Wildman–Crippen LogP) is 1.53. The van der Waals surface area contributed by atoms with Crippen molar-refractivity contribution in [1.82, 2.24) is 15.1 Å². The lowest BCUT2D eigenvalue weighted by molar-refractivity contribution is -0.146. The predicted molar refractivity (Wildman–Crippen MR) is 81.5 cm³/mol. The minimum absolute atomic E-state index is 0.0985. The van der Waals surface area contributed by atoms with E-state index in [-0.39, 0.29) is 18.4 Å². The van der Waals surface area contributed by atoms with E-state index in [1.165, 1.54) is 0 Å². The summed E-state index contributed by atoms with van der Waals surface area (Å²) < 4.78 is 1.81. The third-order valence-electron chi connectivity index (χ3n) is 3.75. The smallest absolute Gasteiger partial charge is 0.330 e. The van der Waals surface area contributed by atoms with Crippen LogP contribution >= 0.6 is 11.8 Å². The molecule has 0 bridgehead atoms. The van der Waals surface area contributed by atoms with Gasteiger partial charge in [-0.05, 0) is 39.0 Å². The number of thioether (sulfide) groups is 1. The molecule has 1 aliphatic heterocycles. The van der Waals surface area contributed by atoms with E-state index in [0.717, 1.165) is 17.1 Å². The zero-order valence-corrected chi connectivity index (χ0v) is 13.4. The summed E-state index contributed by atoms with van der Waals surface area (Å²) in [4.78, 5) is 23.6. The van der Waals surface area contributed by atoms with Gasteiger partial charge in [-0.25, -0.2) is 4.79 Å². The molecule has 0 radical (unpaired) electrons. The van der Waals surface area contributed by atoms with Crippen LogP contribution in [0.1, 0.15) is 37.2 Å². The van der Waals surface area contributed by atoms with Crippen LogP contribution in [0.2, 0.25) is 0 Å². The van der Waals surface area contributed by atoms with Crippen LogP contribution in [-0.4, -0.2) is 43.8 Å². The maximum Gasteiger partial charge on any atom is 0.330 e. The number of hydrogen-bond acceptors (Lipinski definition) is 4. The molecular weight excluding hydrogens is 290 g/mol. The lowest BCUT2D eigenvalue weighted by Gasteiger charge is -2.25. The first-order valence-corrected chi connectivity index (χ1v) is 8.14. The fraction of sp³-hybridized carbons (Fsp3) is 0.643. The first kappa shape index (κ1) is 15.9. The molecule has 0 saturated carbocycles. The Kier molecular flexibility index (Phi) is 4.61. The van der Waals surface area contributed by atoms with Crippen molar-refractivity contribution in [2.24, 2.45) is 0 Å². The minimum atomic E-state index is -1.10. The van der Waals surface area contributed by atoms with Crippen LogP contribution in [0.3, 0.4) is 0 Å². The van der Waals surface area contributed by atoms with Crippen LogP contribution in [-0.2, 0) is 9.59 Å². The van der Waals surface area contributed by atoms with E-state index in [2.05, 4.69) is 10.4 Å². The zero-order valence-electron chi connectivity index (χ0n) is 12.5. The highest BCUT2D eigenvalue weighted by Gasteiger charge is 2.43. The number of hydrogen-bond donors (Lipinski definition) is 2. The Hall–Kier alpha value is -1.50. The normalized spacial score (nSPS) is 23.0. The summed E-state index contributed by atoms with van der Waals surface area (Å²) in [5, 5.41) is 16.4. The molecule has 2 heterocycles. The Labute approximate surface area is 128 Å². The molecule has 2 N–H and O–H groups in total. The highest BCUT2D eigenvalue weighted by atomic mass is 32.2. The van der Waals surface area contributed by atoms with Crippen molar-refractivity contribution in [3.63, 3.8) is 0 Å². The Bertz CT molecular complexity index is 550. The zero-order chi connectivity index (χ0) is 15.6. The fourth-order valence-electron chi connectivity index (χ4n) is 2.65. The van der Waals surface area contributed by atoms with Gasteiger partial charge in [0.05, 0.1) is 11.7 Å². The van der Waals surface area contributed by atoms with Crippen molar-refractivity contribution in [2.75, 3.05) is 11.5 Å². The maximum atomic E-state index is 12.2. The van der Waals surface area contributed by atoms with Crippen molar-refractivity contribution >= 4 is 23.6 Å². The van der Waals surface area contributed by atoms with Gasteiger partial charge in [-0.3, -0.25) is 9.48 Å². The molecule has 2 rings (SSSR count). The first-order chi connectivity index (χ1) is 9.84. The van der Waals surface area contributed by atoms with Crippen molar-refractivity contribution in [3.05, 3.63) is 17.5 Å². The van der Waals surface area contributed by atoms with Gasteiger partial charge in [0.2, 0.25) is 5.91 Å². The van der Waals surface area contributed by atoms with Crippen LogP contribution in [0.4, 0.5) is 0 Å². The van der Waals surface area contributed by atoms with Gasteiger partial charge in [-0.15, -0.1) is 0 Å². The Balaban J connectivity index is 2.01. The average Bonchev–Trinajstić information content (AvgIpc) is 2.96. The molecule has 2 atom stereocenters. The molecule has 1 fully saturated rings. The second-order valence-electron chi connectivity index (χ2n) is 5.66. The topological polar surface area (TPSA) is 84.2 Å².